The van der Waals surface area contributed by atoms with Crippen LogP contribution in [-0.2, 0) is 6.18 Å². The van der Waals surface area contributed by atoms with Gasteiger partial charge in [0.15, 0.2) is 0 Å². The predicted molar refractivity (Wildman–Crippen MR) is 96.5 cm³/mol. The van der Waals surface area contributed by atoms with E-state index in [1.54, 1.807) is 0 Å². The number of hydrogen-bond acceptors (Lipinski definition) is 2. The van der Waals surface area contributed by atoms with Gasteiger partial charge in [-0.25, -0.2) is 0 Å². The third-order valence-electron chi connectivity index (χ3n) is 4.75. The SMILES string of the molecule is CC1CCN(c2ccc(NC(=O)c3ccc(C(F)(F)F)cc3)cc2)CC1. The Labute approximate surface area is 150 Å². The minimum Gasteiger partial charge on any atom is -0.372 e. The largest absolute Gasteiger partial charge is 0.416 e. The zero-order valence-electron chi connectivity index (χ0n) is 14.5. The predicted octanol–water partition coefficient (Wildman–Crippen LogP) is 5.19. The van der Waals surface area contributed by atoms with Crippen LogP contribution in [0.2, 0.25) is 0 Å². The molecule has 0 spiro atoms. The first-order chi connectivity index (χ1) is 12.3. The highest BCUT2D eigenvalue weighted by atomic mass is 19.4. The van der Waals surface area contributed by atoms with E-state index in [9.17, 15) is 18.0 Å². The van der Waals surface area contributed by atoms with E-state index in [1.807, 2.05) is 24.3 Å². The number of nitrogens with one attached hydrogen (secondary N) is 1. The minimum absolute atomic E-state index is 0.187. The Morgan fingerprint density at radius 1 is 1.00 bits per heavy atom. The second-order valence-corrected chi connectivity index (χ2v) is 6.75. The summed E-state index contributed by atoms with van der Waals surface area (Å²) >= 11 is 0. The van der Waals surface area contributed by atoms with Gasteiger partial charge in [0, 0.05) is 30.0 Å². The molecule has 0 aromatic heterocycles. The molecule has 26 heavy (non-hydrogen) atoms. The summed E-state index contributed by atoms with van der Waals surface area (Å²) in [6.07, 6.45) is -2.06. The van der Waals surface area contributed by atoms with Gasteiger partial charge in [-0.15, -0.1) is 0 Å². The normalized spacial score (nSPS) is 15.8. The minimum atomic E-state index is -4.41. The molecule has 0 saturated carbocycles. The molecule has 1 aliphatic heterocycles. The lowest BCUT2D eigenvalue weighted by Crippen LogP contribution is -2.32. The molecular weight excluding hydrogens is 341 g/mol. The maximum atomic E-state index is 12.6. The zero-order valence-corrected chi connectivity index (χ0v) is 14.5. The van der Waals surface area contributed by atoms with Crippen LogP contribution in [0.4, 0.5) is 24.5 Å². The first-order valence-electron chi connectivity index (χ1n) is 8.66. The van der Waals surface area contributed by atoms with Crippen LogP contribution in [0.1, 0.15) is 35.7 Å². The van der Waals surface area contributed by atoms with E-state index < -0.39 is 17.6 Å². The van der Waals surface area contributed by atoms with Crippen LogP contribution in [0.3, 0.4) is 0 Å². The van der Waals surface area contributed by atoms with Crippen molar-refractivity contribution in [2.45, 2.75) is 25.9 Å². The summed E-state index contributed by atoms with van der Waals surface area (Å²) in [5, 5.41) is 2.71. The molecule has 0 bridgehead atoms. The summed E-state index contributed by atoms with van der Waals surface area (Å²) in [6, 6.07) is 11.7. The van der Waals surface area contributed by atoms with Gasteiger partial charge in [0.1, 0.15) is 0 Å². The van der Waals surface area contributed by atoms with Gasteiger partial charge >= 0.3 is 6.18 Å². The van der Waals surface area contributed by atoms with Crippen LogP contribution in [0.5, 0.6) is 0 Å². The highest BCUT2D eigenvalue weighted by molar-refractivity contribution is 6.04. The first kappa shape index (κ1) is 18.3. The number of hydrogen-bond donors (Lipinski definition) is 1. The molecule has 3 rings (SSSR count). The number of rotatable bonds is 3. The number of halogens is 3. The van der Waals surface area contributed by atoms with E-state index in [1.165, 1.54) is 25.0 Å². The number of carbonyl (C=O) groups excluding carboxylic acids is 1. The third-order valence-corrected chi connectivity index (χ3v) is 4.75. The molecule has 3 nitrogen and oxygen atoms in total. The van der Waals surface area contributed by atoms with Gasteiger partial charge < -0.3 is 10.2 Å². The fourth-order valence-corrected chi connectivity index (χ4v) is 3.04. The van der Waals surface area contributed by atoms with Gasteiger partial charge in [0.25, 0.3) is 5.91 Å². The van der Waals surface area contributed by atoms with Gasteiger partial charge in [-0.1, -0.05) is 6.92 Å². The van der Waals surface area contributed by atoms with E-state index in [2.05, 4.69) is 17.1 Å². The Morgan fingerprint density at radius 2 is 1.58 bits per heavy atom. The van der Waals surface area contributed by atoms with Crippen molar-refractivity contribution in [1.29, 1.82) is 0 Å². The Balaban J connectivity index is 1.62. The van der Waals surface area contributed by atoms with E-state index in [0.29, 0.717) is 5.69 Å². The fraction of sp³-hybridized carbons (Fsp3) is 0.350. The van der Waals surface area contributed by atoms with Crippen molar-refractivity contribution in [3.05, 3.63) is 59.7 Å². The standard InChI is InChI=1S/C20H21F3N2O/c1-14-10-12-25(13-11-14)18-8-6-17(7-9-18)24-19(26)15-2-4-16(5-3-15)20(21,22)23/h2-9,14H,10-13H2,1H3,(H,24,26). The Morgan fingerprint density at radius 3 is 2.12 bits per heavy atom. The summed E-state index contributed by atoms with van der Waals surface area (Å²) in [7, 11) is 0. The molecule has 0 atom stereocenters. The average molecular weight is 362 g/mol. The smallest absolute Gasteiger partial charge is 0.372 e. The van der Waals surface area contributed by atoms with Crippen molar-refractivity contribution in [2.75, 3.05) is 23.3 Å². The van der Waals surface area contributed by atoms with Gasteiger partial charge in [-0.3, -0.25) is 4.79 Å². The second kappa shape index (κ2) is 7.40. The van der Waals surface area contributed by atoms with Crippen LogP contribution in [-0.4, -0.2) is 19.0 Å². The summed E-state index contributed by atoms with van der Waals surface area (Å²) < 4.78 is 37.7. The maximum absolute atomic E-state index is 12.6. The Hall–Kier alpha value is -2.50. The van der Waals surface area contributed by atoms with Crippen molar-refractivity contribution in [1.82, 2.24) is 0 Å². The monoisotopic (exact) mass is 362 g/mol. The molecule has 0 unspecified atom stereocenters. The summed E-state index contributed by atoms with van der Waals surface area (Å²) in [5.41, 5.74) is 1.15. The number of piperidine rings is 1. The van der Waals surface area contributed by atoms with Crippen molar-refractivity contribution in [3.63, 3.8) is 0 Å². The number of amides is 1. The molecule has 1 heterocycles. The number of nitrogens with zero attached hydrogens (tertiary/aromatic N) is 1. The summed E-state index contributed by atoms with van der Waals surface area (Å²) in [4.78, 5) is 14.5. The lowest BCUT2D eigenvalue weighted by molar-refractivity contribution is -0.137. The fourth-order valence-electron chi connectivity index (χ4n) is 3.04. The highest BCUT2D eigenvalue weighted by Crippen LogP contribution is 2.29. The molecule has 2 aromatic rings. The molecule has 1 amide bonds. The molecular formula is C20H21F3N2O. The molecule has 1 N–H and O–H groups in total. The molecule has 6 heteroatoms. The second-order valence-electron chi connectivity index (χ2n) is 6.75. The number of anilines is 2. The highest BCUT2D eigenvalue weighted by Gasteiger charge is 2.30. The summed E-state index contributed by atoms with van der Waals surface area (Å²) in [5.74, 6) is 0.326. The molecule has 2 aromatic carbocycles. The number of carbonyl (C=O) groups is 1. The van der Waals surface area contributed by atoms with Crippen LogP contribution in [0, 0.1) is 5.92 Å². The van der Waals surface area contributed by atoms with Crippen LogP contribution < -0.4 is 10.2 Å². The molecule has 1 saturated heterocycles. The van der Waals surface area contributed by atoms with E-state index in [0.717, 1.165) is 36.8 Å². The lowest BCUT2D eigenvalue weighted by atomic mass is 9.99. The van der Waals surface area contributed by atoms with Gasteiger partial charge in [-0.2, -0.15) is 13.2 Å². The molecule has 138 valence electrons. The summed E-state index contributed by atoms with van der Waals surface area (Å²) in [6.45, 7) is 4.31. The van der Waals surface area contributed by atoms with Crippen LogP contribution in [0.15, 0.2) is 48.5 Å². The quantitative estimate of drug-likeness (QED) is 0.814. The molecule has 1 aliphatic rings. The maximum Gasteiger partial charge on any atom is 0.416 e. The van der Waals surface area contributed by atoms with Crippen LogP contribution >= 0.6 is 0 Å². The number of benzene rings is 2. The lowest BCUT2D eigenvalue weighted by Gasteiger charge is -2.32. The Kier molecular flexibility index (Phi) is 5.20. The average Bonchev–Trinajstić information content (AvgIpc) is 2.62. The van der Waals surface area contributed by atoms with E-state index in [4.69, 9.17) is 0 Å². The van der Waals surface area contributed by atoms with Crippen molar-refractivity contribution >= 4 is 17.3 Å². The molecule has 0 aliphatic carbocycles. The molecule has 1 fully saturated rings. The van der Waals surface area contributed by atoms with Gasteiger partial charge in [0.2, 0.25) is 0 Å². The molecule has 0 radical (unpaired) electrons. The van der Waals surface area contributed by atoms with Crippen molar-refractivity contribution in [3.8, 4) is 0 Å². The van der Waals surface area contributed by atoms with Gasteiger partial charge in [0.05, 0.1) is 5.56 Å². The van der Waals surface area contributed by atoms with E-state index >= 15 is 0 Å². The van der Waals surface area contributed by atoms with Crippen molar-refractivity contribution < 1.29 is 18.0 Å². The van der Waals surface area contributed by atoms with E-state index in [-0.39, 0.29) is 5.56 Å². The van der Waals surface area contributed by atoms with Crippen LogP contribution in [0.25, 0.3) is 0 Å². The topological polar surface area (TPSA) is 32.3 Å². The Bertz CT molecular complexity index is 746. The number of alkyl halides is 3. The van der Waals surface area contributed by atoms with Crippen molar-refractivity contribution in [2.24, 2.45) is 5.92 Å². The zero-order chi connectivity index (χ0) is 18.7. The third kappa shape index (κ3) is 4.36. The van der Waals surface area contributed by atoms with Gasteiger partial charge in [-0.05, 0) is 67.3 Å². The first-order valence-corrected chi connectivity index (χ1v) is 8.66.